The zero-order valence-electron chi connectivity index (χ0n) is 34.1. The molecule has 64 heavy (non-hydrogen) atoms. The lowest BCUT2D eigenvalue weighted by molar-refractivity contribution is -0.953. The molecule has 1 saturated carbocycles. The van der Waals surface area contributed by atoms with E-state index in [1.165, 1.54) is 94.7 Å². The number of benzene rings is 4. The molecule has 22 heteroatoms. The van der Waals surface area contributed by atoms with E-state index in [2.05, 4.69) is 20.8 Å². The molecule has 0 unspecified atom stereocenters. The maximum Gasteiger partial charge on any atom is 0.200 e. The minimum Gasteiger partial charge on any atom is -0.321 e. The maximum atomic E-state index is 15.4. The first-order valence-electron chi connectivity index (χ1n) is 20.1. The zero-order valence-corrected chi connectivity index (χ0v) is 34.1. The molecule has 0 amide bonds. The van der Waals surface area contributed by atoms with E-state index in [9.17, 15) is 52.7 Å². The number of rotatable bonds is 14. The Balaban J connectivity index is 0.000000395. The minimum absolute atomic E-state index is 0.999. The molecule has 0 N–H and O–H groups in total. The van der Waals surface area contributed by atoms with Crippen LogP contribution in [0.2, 0.25) is 0 Å². The molecule has 0 bridgehead atoms. The third kappa shape index (κ3) is 8.79. The Hall–Kier alpha value is -4.50. The van der Waals surface area contributed by atoms with E-state index in [1.54, 1.807) is 0 Å². The molecule has 0 aromatic heterocycles. The van der Waals surface area contributed by atoms with Crippen LogP contribution in [0, 0.1) is 116 Å². The van der Waals surface area contributed by atoms with Gasteiger partial charge in [-0.15, -0.1) is 21.9 Å². The largest absolute Gasteiger partial charge is 0.321 e. The summed E-state index contributed by atoms with van der Waals surface area (Å²) < 4.78 is 295. The lowest BCUT2D eigenvalue weighted by atomic mass is 9.12. The van der Waals surface area contributed by atoms with Gasteiger partial charge in [-0.05, 0) is 44.9 Å². The van der Waals surface area contributed by atoms with Gasteiger partial charge in [0, 0.05) is 0 Å². The van der Waals surface area contributed by atoms with Crippen LogP contribution in [0.15, 0.2) is 0 Å². The SMILES string of the molecule is CCCC[N+](CCCC)(CCCC)C1CCCCC1.Fc1c(F)c(F)c([B-](c2c(F)c(F)c(F)c(F)c2F)(c2c(F)c(F)c(F)c(F)c2F)c2c(F)c(F)c(F)c(F)c2F)c(F)c1F. The highest BCUT2D eigenvalue weighted by atomic mass is 19.2. The van der Waals surface area contributed by atoms with E-state index < -0.39 is 144 Å². The van der Waals surface area contributed by atoms with Gasteiger partial charge in [-0.2, -0.15) is 0 Å². The van der Waals surface area contributed by atoms with E-state index >= 15 is 35.1 Å². The van der Waals surface area contributed by atoms with Crippen molar-refractivity contribution in [2.75, 3.05) is 19.6 Å². The van der Waals surface area contributed by atoms with Crippen molar-refractivity contribution in [3.8, 4) is 0 Å². The van der Waals surface area contributed by atoms with Crippen LogP contribution < -0.4 is 21.9 Å². The molecular formula is C42H38BF20N. The number of halogens is 20. The van der Waals surface area contributed by atoms with Crippen LogP contribution in [0.3, 0.4) is 0 Å². The van der Waals surface area contributed by atoms with Gasteiger partial charge in [0.2, 0.25) is 0 Å². The third-order valence-corrected chi connectivity index (χ3v) is 11.9. The first-order valence-corrected chi connectivity index (χ1v) is 20.1. The van der Waals surface area contributed by atoms with E-state index in [4.69, 9.17) is 0 Å². The number of hydrogen-bond acceptors (Lipinski definition) is 0. The van der Waals surface area contributed by atoms with Crippen molar-refractivity contribution in [3.63, 3.8) is 0 Å². The lowest BCUT2D eigenvalue weighted by Crippen LogP contribution is -2.81. The Bertz CT molecular complexity index is 1960. The van der Waals surface area contributed by atoms with Crippen LogP contribution in [-0.4, -0.2) is 36.3 Å². The van der Waals surface area contributed by atoms with E-state index in [-0.39, 0.29) is 0 Å². The molecule has 0 spiro atoms. The van der Waals surface area contributed by atoms with Crippen LogP contribution in [0.4, 0.5) is 87.8 Å². The lowest BCUT2D eigenvalue weighted by Gasteiger charge is -2.47. The topological polar surface area (TPSA) is 0 Å². The smallest absolute Gasteiger partial charge is 0.200 e. The van der Waals surface area contributed by atoms with Crippen LogP contribution in [0.5, 0.6) is 0 Å². The van der Waals surface area contributed by atoms with Gasteiger partial charge in [-0.25, -0.2) is 87.8 Å². The van der Waals surface area contributed by atoms with Crippen molar-refractivity contribution in [1.29, 1.82) is 0 Å². The second kappa shape index (κ2) is 20.8. The van der Waals surface area contributed by atoms with E-state index in [0.29, 0.717) is 0 Å². The van der Waals surface area contributed by atoms with Gasteiger partial charge in [0.1, 0.15) is 52.7 Å². The molecule has 0 saturated heterocycles. The molecule has 4 aromatic rings. The summed E-state index contributed by atoms with van der Waals surface area (Å²) in [5, 5.41) is 0. The van der Waals surface area contributed by atoms with Crippen molar-refractivity contribution in [3.05, 3.63) is 116 Å². The molecule has 1 nitrogen and oxygen atoms in total. The summed E-state index contributed by atoms with van der Waals surface area (Å²) >= 11 is 0. The van der Waals surface area contributed by atoms with Crippen molar-refractivity contribution >= 4 is 28.0 Å². The predicted octanol–water partition coefficient (Wildman–Crippen LogP) is 11.4. The molecule has 1 aliphatic carbocycles. The Kier molecular flexibility index (Phi) is 16.9. The summed E-state index contributed by atoms with van der Waals surface area (Å²) in [6, 6.07) is 0.999. The Morgan fingerprint density at radius 3 is 0.688 bits per heavy atom. The second-order valence-corrected chi connectivity index (χ2v) is 15.5. The van der Waals surface area contributed by atoms with Crippen LogP contribution in [0.25, 0.3) is 0 Å². The first kappa shape index (κ1) is 52.1. The fourth-order valence-electron chi connectivity index (χ4n) is 8.81. The van der Waals surface area contributed by atoms with Gasteiger partial charge in [0.25, 0.3) is 0 Å². The molecule has 0 atom stereocenters. The molecular weight excluding hydrogens is 909 g/mol. The number of hydrogen-bond donors (Lipinski definition) is 0. The van der Waals surface area contributed by atoms with Crippen LogP contribution in [-0.2, 0) is 0 Å². The van der Waals surface area contributed by atoms with Crippen molar-refractivity contribution in [2.45, 2.75) is 97.4 Å². The molecule has 1 aliphatic rings. The summed E-state index contributed by atoms with van der Waals surface area (Å²) in [5.41, 5.74) is -14.3. The third-order valence-electron chi connectivity index (χ3n) is 11.9. The van der Waals surface area contributed by atoms with Crippen molar-refractivity contribution < 1.29 is 92.3 Å². The highest BCUT2D eigenvalue weighted by molar-refractivity contribution is 7.20. The minimum atomic E-state index is -7.22. The summed E-state index contributed by atoms with van der Waals surface area (Å²) in [5.74, 6) is -71.4. The standard InChI is InChI=1S/C24BF20.C18H38N/c26-5-1(6(27)14(35)21(42)13(5)34)25(2-7(28)15(36)22(43)16(37)8(2)29,3-9(30)17(38)23(44)18(39)10(3)31)4-11(32)19(40)24(45)20(41)12(4)33;1-4-7-15-19(16-8-5-2,17-9-6-3)18-13-11-10-12-14-18/h;18H,4-17H2,1-3H3/q-1;+1. The van der Waals surface area contributed by atoms with Crippen LogP contribution in [0.1, 0.15) is 91.4 Å². The predicted molar refractivity (Wildman–Crippen MR) is 196 cm³/mol. The number of unbranched alkanes of at least 4 members (excludes halogenated alkanes) is 3. The number of nitrogens with zero attached hydrogens (tertiary/aromatic N) is 1. The summed E-state index contributed by atoms with van der Waals surface area (Å²) in [6.07, 6.45) is 8.69. The normalized spacial score (nSPS) is 13.7. The highest BCUT2D eigenvalue weighted by Crippen LogP contribution is 2.33. The Morgan fingerprint density at radius 2 is 0.500 bits per heavy atom. The summed E-state index contributed by atoms with van der Waals surface area (Å²) in [4.78, 5) is 0. The molecule has 4 aromatic carbocycles. The van der Waals surface area contributed by atoms with Gasteiger partial charge in [0.05, 0.1) is 25.7 Å². The maximum absolute atomic E-state index is 15.4. The molecule has 5 rings (SSSR count). The second-order valence-electron chi connectivity index (χ2n) is 15.5. The fraction of sp³-hybridized carbons (Fsp3) is 0.429. The average Bonchev–Trinajstić information content (AvgIpc) is 3.29. The van der Waals surface area contributed by atoms with Crippen molar-refractivity contribution in [1.82, 2.24) is 0 Å². The van der Waals surface area contributed by atoms with Gasteiger partial charge < -0.3 is 4.48 Å². The monoisotopic (exact) mass is 947 g/mol. The fourth-order valence-corrected chi connectivity index (χ4v) is 8.81. The van der Waals surface area contributed by atoms with Gasteiger partial charge >= 0.3 is 0 Å². The first-order chi connectivity index (χ1) is 30.0. The Labute approximate surface area is 353 Å². The van der Waals surface area contributed by atoms with Gasteiger partial charge in [0.15, 0.2) is 69.8 Å². The number of quaternary nitrogens is 1. The molecule has 354 valence electrons. The quantitative estimate of drug-likeness (QED) is 0.0388. The molecule has 1 fully saturated rings. The average molecular weight is 948 g/mol. The highest BCUT2D eigenvalue weighted by Gasteiger charge is 2.52. The van der Waals surface area contributed by atoms with Crippen molar-refractivity contribution in [2.24, 2.45) is 0 Å². The van der Waals surface area contributed by atoms with E-state index in [0.717, 1.165) is 6.04 Å². The van der Waals surface area contributed by atoms with Gasteiger partial charge in [-0.3, -0.25) is 0 Å². The summed E-state index contributed by atoms with van der Waals surface area (Å²) in [7, 11) is 0. The Morgan fingerprint density at radius 1 is 0.312 bits per heavy atom. The molecule has 0 aliphatic heterocycles. The zero-order chi connectivity index (χ0) is 48.3. The molecule has 0 radical (unpaired) electrons. The van der Waals surface area contributed by atoms with Crippen LogP contribution >= 0.6 is 0 Å². The van der Waals surface area contributed by atoms with E-state index in [1.807, 2.05) is 0 Å². The molecule has 0 heterocycles. The summed E-state index contributed by atoms with van der Waals surface area (Å²) in [6.45, 7) is 11.4. The van der Waals surface area contributed by atoms with Gasteiger partial charge in [-0.1, -0.05) is 46.5 Å².